The molecule has 1 aliphatic carbocycles. The number of alkyl halides is 1. The van der Waals surface area contributed by atoms with Crippen molar-refractivity contribution in [3.8, 4) is 0 Å². The first-order valence-corrected chi connectivity index (χ1v) is 11.7. The van der Waals surface area contributed by atoms with Crippen molar-refractivity contribution in [2.75, 3.05) is 13.1 Å². The summed E-state index contributed by atoms with van der Waals surface area (Å²) in [5.74, 6) is 0.761. The van der Waals surface area contributed by atoms with Gasteiger partial charge in [0.1, 0.15) is 11.7 Å². The number of fused-ring (bicyclic) bond motifs is 1. The number of halogens is 1. The number of piperidine rings is 1. The van der Waals surface area contributed by atoms with Crippen molar-refractivity contribution >= 4 is 35.5 Å². The van der Waals surface area contributed by atoms with Crippen LogP contribution in [0.15, 0.2) is 24.5 Å². The minimum atomic E-state index is -1.58. The molecule has 162 valence electrons. The molecular formula is C22H26FN5OP2. The van der Waals surface area contributed by atoms with E-state index in [9.17, 15) is 4.79 Å². The number of hydrogen-bond donors (Lipinski definition) is 0. The van der Waals surface area contributed by atoms with Gasteiger partial charge in [0.05, 0.1) is 12.2 Å². The van der Waals surface area contributed by atoms with Gasteiger partial charge < -0.3 is 4.90 Å². The van der Waals surface area contributed by atoms with E-state index in [0.29, 0.717) is 23.8 Å². The molecule has 4 atom stereocenters. The number of benzene rings is 1. The van der Waals surface area contributed by atoms with Crippen LogP contribution in [0.4, 0.5) is 4.39 Å². The van der Waals surface area contributed by atoms with Gasteiger partial charge >= 0.3 is 0 Å². The molecule has 1 amide bonds. The normalized spacial score (nSPS) is 24.0. The van der Waals surface area contributed by atoms with E-state index < -0.39 is 5.41 Å². The van der Waals surface area contributed by atoms with Crippen LogP contribution in [-0.2, 0) is 0 Å². The molecule has 5 rings (SSSR count). The van der Waals surface area contributed by atoms with Crippen LogP contribution >= 0.6 is 18.5 Å². The third-order valence-electron chi connectivity index (χ3n) is 6.39. The van der Waals surface area contributed by atoms with Gasteiger partial charge in [-0.15, -0.1) is 9.24 Å². The first kappa shape index (κ1) is 20.9. The Morgan fingerprint density at radius 2 is 2.03 bits per heavy atom. The number of aryl methyl sites for hydroxylation is 1. The van der Waals surface area contributed by atoms with E-state index in [0.717, 1.165) is 22.3 Å². The standard InChI is InChI=1S/C22H26FN5OP2/c1-12-7-18(28-21(26-12)24-11-25-28)15-8-22(23,31)10-27(9-15)20(29)16-5-6-17(14-3-4-14)19(30)13(16)2/h5-7,11,14-15H,3-4,8-10,30-31H2,1-2H3/t15-,22?/m0/s1. The highest BCUT2D eigenvalue weighted by Crippen LogP contribution is 2.42. The van der Waals surface area contributed by atoms with E-state index in [1.165, 1.54) is 24.7 Å². The molecule has 2 fully saturated rings. The zero-order valence-electron chi connectivity index (χ0n) is 17.7. The molecule has 9 heteroatoms. The zero-order valence-corrected chi connectivity index (χ0v) is 20.0. The fourth-order valence-corrected chi connectivity index (χ4v) is 5.68. The molecule has 1 aliphatic heterocycles. The van der Waals surface area contributed by atoms with Crippen LogP contribution in [0, 0.1) is 13.8 Å². The average Bonchev–Trinajstić information content (AvgIpc) is 3.44. The van der Waals surface area contributed by atoms with Gasteiger partial charge in [-0.25, -0.2) is 13.9 Å². The Bertz CT molecular complexity index is 1190. The summed E-state index contributed by atoms with van der Waals surface area (Å²) >= 11 is 0. The average molecular weight is 457 g/mol. The first-order valence-electron chi connectivity index (χ1n) is 10.6. The number of rotatable bonds is 3. The third-order valence-corrected chi connectivity index (χ3v) is 7.57. The second-order valence-electron chi connectivity index (χ2n) is 8.93. The maximum Gasteiger partial charge on any atom is 0.254 e. The summed E-state index contributed by atoms with van der Waals surface area (Å²) in [6.07, 6.45) is 4.16. The van der Waals surface area contributed by atoms with Gasteiger partial charge in [0.15, 0.2) is 0 Å². The summed E-state index contributed by atoms with van der Waals surface area (Å²) < 4.78 is 17.1. The summed E-state index contributed by atoms with van der Waals surface area (Å²) in [4.78, 5) is 23.7. The Morgan fingerprint density at radius 1 is 1.26 bits per heavy atom. The molecule has 31 heavy (non-hydrogen) atoms. The van der Waals surface area contributed by atoms with Gasteiger partial charge in [-0.05, 0) is 67.6 Å². The van der Waals surface area contributed by atoms with E-state index >= 15 is 4.39 Å². The third kappa shape index (κ3) is 3.87. The molecule has 3 heterocycles. The lowest BCUT2D eigenvalue weighted by molar-refractivity contribution is 0.0542. The summed E-state index contributed by atoms with van der Waals surface area (Å²) in [5, 5.41) is 3.81. The molecule has 3 aromatic rings. The Balaban J connectivity index is 1.49. The lowest BCUT2D eigenvalue weighted by Crippen LogP contribution is -2.48. The highest BCUT2D eigenvalue weighted by Gasteiger charge is 2.41. The smallest absolute Gasteiger partial charge is 0.254 e. The fraction of sp³-hybridized carbons (Fsp3) is 0.455. The number of likely N-dealkylation sites (tertiary alicyclic amines) is 1. The van der Waals surface area contributed by atoms with Crippen LogP contribution in [0.2, 0.25) is 0 Å². The molecule has 3 unspecified atom stereocenters. The van der Waals surface area contributed by atoms with Gasteiger partial charge in [0, 0.05) is 23.7 Å². The molecule has 0 bridgehead atoms. The van der Waals surface area contributed by atoms with E-state index in [-0.39, 0.29) is 24.8 Å². The summed E-state index contributed by atoms with van der Waals surface area (Å²) in [6.45, 7) is 4.34. The summed E-state index contributed by atoms with van der Waals surface area (Å²) in [7, 11) is 5.12. The lowest BCUT2D eigenvalue weighted by Gasteiger charge is -2.40. The number of nitrogens with zero attached hydrogens (tertiary/aromatic N) is 5. The molecule has 2 aliphatic rings. The van der Waals surface area contributed by atoms with E-state index in [1.54, 1.807) is 9.42 Å². The van der Waals surface area contributed by atoms with Crippen LogP contribution < -0.4 is 5.30 Å². The first-order chi connectivity index (χ1) is 14.7. The molecule has 1 saturated heterocycles. The van der Waals surface area contributed by atoms with E-state index in [2.05, 4.69) is 39.6 Å². The zero-order chi connectivity index (χ0) is 21.9. The Hall–Kier alpha value is -1.97. The van der Waals surface area contributed by atoms with Gasteiger partial charge in [0.25, 0.3) is 11.7 Å². The van der Waals surface area contributed by atoms with Crippen LogP contribution in [0.3, 0.4) is 0 Å². The van der Waals surface area contributed by atoms with Gasteiger partial charge in [0.2, 0.25) is 0 Å². The quantitative estimate of drug-likeness (QED) is 0.567. The highest BCUT2D eigenvalue weighted by atomic mass is 31.0. The van der Waals surface area contributed by atoms with Crippen molar-refractivity contribution in [1.29, 1.82) is 0 Å². The topological polar surface area (TPSA) is 63.4 Å². The number of hydrogen-bond acceptors (Lipinski definition) is 4. The van der Waals surface area contributed by atoms with Gasteiger partial charge in [-0.1, -0.05) is 15.3 Å². The van der Waals surface area contributed by atoms with Crippen LogP contribution in [0.1, 0.15) is 64.0 Å². The van der Waals surface area contributed by atoms with Crippen molar-refractivity contribution < 1.29 is 9.18 Å². The maximum atomic E-state index is 15.4. The van der Waals surface area contributed by atoms with Crippen molar-refractivity contribution in [3.63, 3.8) is 0 Å². The predicted molar refractivity (Wildman–Crippen MR) is 125 cm³/mol. The van der Waals surface area contributed by atoms with Gasteiger partial charge in [-0.2, -0.15) is 10.1 Å². The summed E-state index contributed by atoms with van der Waals surface area (Å²) in [6, 6.07) is 5.89. The minimum Gasteiger partial charge on any atom is -0.334 e. The van der Waals surface area contributed by atoms with Crippen molar-refractivity contribution in [3.05, 3.63) is 52.6 Å². The Kier molecular flexibility index (Phi) is 5.10. The number of amides is 1. The summed E-state index contributed by atoms with van der Waals surface area (Å²) in [5.41, 5.74) is 4.55. The van der Waals surface area contributed by atoms with Crippen molar-refractivity contribution in [2.45, 2.75) is 50.4 Å². The van der Waals surface area contributed by atoms with Crippen LogP contribution in [0.5, 0.6) is 0 Å². The Labute approximate surface area is 185 Å². The molecule has 1 aromatic carbocycles. The van der Waals surface area contributed by atoms with Crippen LogP contribution in [-0.4, -0.2) is 48.9 Å². The molecule has 6 nitrogen and oxygen atoms in total. The van der Waals surface area contributed by atoms with Crippen molar-refractivity contribution in [2.24, 2.45) is 0 Å². The fourth-order valence-electron chi connectivity index (χ4n) is 4.69. The number of carbonyl (C=O) groups excluding carboxylic acids is 1. The minimum absolute atomic E-state index is 0.0492. The van der Waals surface area contributed by atoms with Crippen molar-refractivity contribution in [1.82, 2.24) is 24.5 Å². The van der Waals surface area contributed by atoms with E-state index in [1.807, 2.05) is 26.0 Å². The molecular weight excluding hydrogens is 431 g/mol. The maximum absolute atomic E-state index is 15.4. The van der Waals surface area contributed by atoms with Crippen LogP contribution in [0.25, 0.3) is 5.78 Å². The molecule has 0 N–H and O–H groups in total. The second kappa shape index (κ2) is 7.56. The second-order valence-corrected chi connectivity index (χ2v) is 10.5. The molecule has 1 saturated carbocycles. The lowest BCUT2D eigenvalue weighted by atomic mass is 9.91. The molecule has 2 aromatic heterocycles. The van der Waals surface area contributed by atoms with Gasteiger partial charge in [-0.3, -0.25) is 4.79 Å². The number of aromatic nitrogens is 4. The molecule has 0 spiro atoms. The SMILES string of the molecule is Cc1cc([C@@H]2CN(C(=O)c3ccc(C4CC4)c(P)c3C)CC(F)(P)C2)n2ncnc2n1. The Morgan fingerprint density at radius 3 is 2.77 bits per heavy atom. The predicted octanol–water partition coefficient (Wildman–Crippen LogP) is 3.29. The molecule has 0 radical (unpaired) electrons. The van der Waals surface area contributed by atoms with E-state index in [4.69, 9.17) is 0 Å². The highest BCUT2D eigenvalue weighted by molar-refractivity contribution is 7.27. The largest absolute Gasteiger partial charge is 0.334 e. The monoisotopic (exact) mass is 457 g/mol. The number of carbonyl (C=O) groups is 1.